The van der Waals surface area contributed by atoms with E-state index in [2.05, 4.69) is 15.4 Å². The molecule has 2 aromatic heterocycles. The number of hydrogen-bond acceptors (Lipinski definition) is 5. The Labute approximate surface area is 126 Å². The van der Waals surface area contributed by atoms with Gasteiger partial charge >= 0.3 is 0 Å². The third kappa shape index (κ3) is 2.72. The van der Waals surface area contributed by atoms with Crippen molar-refractivity contribution in [1.29, 1.82) is 0 Å². The maximum Gasteiger partial charge on any atom is 0.292 e. The topological polar surface area (TPSA) is 118 Å². The number of aromatic nitrogens is 3. The van der Waals surface area contributed by atoms with Gasteiger partial charge in [0.05, 0.1) is 5.69 Å². The molecule has 3 rings (SSSR count). The molecule has 8 nitrogen and oxygen atoms in total. The summed E-state index contributed by atoms with van der Waals surface area (Å²) in [7, 11) is 0. The predicted molar refractivity (Wildman–Crippen MR) is 76.2 cm³/mol. The number of nitrogens with zero attached hydrogens (tertiary/aromatic N) is 3. The Morgan fingerprint density at radius 3 is 2.91 bits per heavy atom. The van der Waals surface area contributed by atoms with Gasteiger partial charge < -0.3 is 15.2 Å². The van der Waals surface area contributed by atoms with Crippen LogP contribution in [0.25, 0.3) is 0 Å². The van der Waals surface area contributed by atoms with Gasteiger partial charge in [-0.05, 0) is 25.8 Å². The molecule has 2 amide bonds. The number of carbonyl (C=O) groups excluding carboxylic acids is 2. The highest BCUT2D eigenvalue weighted by atomic mass is 16.5. The molecule has 116 valence electrons. The van der Waals surface area contributed by atoms with E-state index in [9.17, 15) is 9.59 Å². The van der Waals surface area contributed by atoms with Crippen molar-refractivity contribution >= 4 is 11.8 Å². The van der Waals surface area contributed by atoms with Crippen molar-refractivity contribution in [1.82, 2.24) is 20.3 Å². The van der Waals surface area contributed by atoms with Crippen molar-refractivity contribution in [2.75, 3.05) is 13.1 Å². The van der Waals surface area contributed by atoms with Crippen LogP contribution < -0.4 is 5.73 Å². The monoisotopic (exact) mass is 303 g/mol. The smallest absolute Gasteiger partial charge is 0.292 e. The highest BCUT2D eigenvalue weighted by Gasteiger charge is 2.28. The van der Waals surface area contributed by atoms with E-state index >= 15 is 0 Å². The first-order valence-corrected chi connectivity index (χ1v) is 7.12. The van der Waals surface area contributed by atoms with Crippen LogP contribution in [0.2, 0.25) is 0 Å². The zero-order valence-corrected chi connectivity index (χ0v) is 12.2. The summed E-state index contributed by atoms with van der Waals surface area (Å²) in [5.41, 5.74) is 6.91. The normalized spacial score (nSPS) is 18.4. The first-order chi connectivity index (χ1) is 10.5. The summed E-state index contributed by atoms with van der Waals surface area (Å²) in [6.07, 6.45) is 1.79. The first-order valence-electron chi connectivity index (χ1n) is 7.12. The molecule has 0 bridgehead atoms. The molecule has 0 saturated carbocycles. The van der Waals surface area contributed by atoms with Gasteiger partial charge in [0, 0.05) is 30.8 Å². The molecule has 0 radical (unpaired) electrons. The van der Waals surface area contributed by atoms with E-state index in [4.69, 9.17) is 10.3 Å². The quantitative estimate of drug-likeness (QED) is 0.870. The van der Waals surface area contributed by atoms with Crippen LogP contribution in [0.1, 0.15) is 51.2 Å². The minimum atomic E-state index is -0.566. The number of aromatic amines is 1. The van der Waals surface area contributed by atoms with E-state index in [1.807, 2.05) is 0 Å². The Bertz CT molecular complexity index is 705. The van der Waals surface area contributed by atoms with Crippen LogP contribution >= 0.6 is 0 Å². The van der Waals surface area contributed by atoms with Gasteiger partial charge in [0.1, 0.15) is 5.69 Å². The summed E-state index contributed by atoms with van der Waals surface area (Å²) in [5, 5.41) is 10.5. The lowest BCUT2D eigenvalue weighted by Crippen LogP contribution is -2.39. The second-order valence-electron chi connectivity index (χ2n) is 5.50. The van der Waals surface area contributed by atoms with Crippen LogP contribution in [-0.2, 0) is 0 Å². The lowest BCUT2D eigenvalue weighted by molar-refractivity contribution is 0.0663. The van der Waals surface area contributed by atoms with Crippen LogP contribution in [0.15, 0.2) is 16.7 Å². The van der Waals surface area contributed by atoms with Gasteiger partial charge in [0.25, 0.3) is 11.8 Å². The van der Waals surface area contributed by atoms with E-state index in [-0.39, 0.29) is 23.3 Å². The van der Waals surface area contributed by atoms with Gasteiger partial charge in [-0.3, -0.25) is 14.7 Å². The number of hydrogen-bond donors (Lipinski definition) is 2. The molecule has 3 N–H and O–H groups in total. The number of H-pyrrole nitrogens is 1. The summed E-state index contributed by atoms with van der Waals surface area (Å²) in [6.45, 7) is 2.99. The molecule has 2 aromatic rings. The molecular formula is C14H17N5O3. The first kappa shape index (κ1) is 14.3. The summed E-state index contributed by atoms with van der Waals surface area (Å²) < 4.78 is 5.03. The summed E-state index contributed by atoms with van der Waals surface area (Å²) >= 11 is 0. The van der Waals surface area contributed by atoms with Crippen molar-refractivity contribution in [3.63, 3.8) is 0 Å². The van der Waals surface area contributed by atoms with Crippen molar-refractivity contribution in [2.45, 2.75) is 25.7 Å². The summed E-state index contributed by atoms with van der Waals surface area (Å²) in [5.74, 6) is -0.383. The Morgan fingerprint density at radius 2 is 2.27 bits per heavy atom. The van der Waals surface area contributed by atoms with Gasteiger partial charge in [-0.15, -0.1) is 0 Å². The zero-order valence-electron chi connectivity index (χ0n) is 12.2. The lowest BCUT2D eigenvalue weighted by atomic mass is 9.94. The number of likely N-dealkylation sites (tertiary alicyclic amines) is 1. The Hall–Kier alpha value is -2.64. The van der Waals surface area contributed by atoms with Gasteiger partial charge in [-0.2, -0.15) is 5.10 Å². The third-order valence-electron chi connectivity index (χ3n) is 3.84. The minimum absolute atomic E-state index is 0.0994. The highest BCUT2D eigenvalue weighted by Crippen LogP contribution is 2.27. The lowest BCUT2D eigenvalue weighted by Gasteiger charge is -2.31. The van der Waals surface area contributed by atoms with Crippen LogP contribution in [-0.4, -0.2) is 45.2 Å². The largest absolute Gasteiger partial charge is 0.364 e. The molecule has 1 aliphatic heterocycles. The number of nitrogens with two attached hydrogens (primary N) is 1. The van der Waals surface area contributed by atoms with Gasteiger partial charge in [-0.1, -0.05) is 5.16 Å². The maximum atomic E-state index is 12.4. The fourth-order valence-electron chi connectivity index (χ4n) is 2.71. The third-order valence-corrected chi connectivity index (χ3v) is 3.84. The minimum Gasteiger partial charge on any atom is -0.364 e. The average Bonchev–Trinajstić information content (AvgIpc) is 3.15. The van der Waals surface area contributed by atoms with Crippen molar-refractivity contribution in [3.8, 4) is 0 Å². The second kappa shape index (κ2) is 5.63. The molecule has 1 atom stereocenters. The molecule has 0 aliphatic carbocycles. The standard InChI is InChI=1S/C14H17N5O3/c1-8-5-12(22-18-8)14(21)19-4-2-3-9(7-19)10-6-11(13(15)20)17-16-10/h5-6,9H,2-4,7H2,1H3,(H2,15,20)(H,16,17)/t9-/m0/s1. The fourth-order valence-corrected chi connectivity index (χ4v) is 2.71. The molecular weight excluding hydrogens is 286 g/mol. The van der Waals surface area contributed by atoms with E-state index in [1.54, 1.807) is 24.0 Å². The van der Waals surface area contributed by atoms with Crippen molar-refractivity contribution < 1.29 is 14.1 Å². The number of rotatable bonds is 3. The van der Waals surface area contributed by atoms with Gasteiger partial charge in [0.2, 0.25) is 5.76 Å². The van der Waals surface area contributed by atoms with Crippen LogP contribution in [0.3, 0.4) is 0 Å². The maximum absolute atomic E-state index is 12.4. The molecule has 1 fully saturated rings. The van der Waals surface area contributed by atoms with E-state index in [0.717, 1.165) is 18.5 Å². The molecule has 22 heavy (non-hydrogen) atoms. The average molecular weight is 303 g/mol. The molecule has 1 saturated heterocycles. The molecule has 0 spiro atoms. The summed E-state index contributed by atoms with van der Waals surface area (Å²) in [6, 6.07) is 3.28. The molecule has 0 unspecified atom stereocenters. The Balaban J connectivity index is 1.73. The number of nitrogens with one attached hydrogen (secondary N) is 1. The molecule has 3 heterocycles. The number of amides is 2. The summed E-state index contributed by atoms with van der Waals surface area (Å²) in [4.78, 5) is 25.2. The van der Waals surface area contributed by atoms with Gasteiger partial charge in [0.15, 0.2) is 0 Å². The molecule has 1 aliphatic rings. The molecule has 8 heteroatoms. The number of aryl methyl sites for hydroxylation is 1. The number of primary amides is 1. The van der Waals surface area contributed by atoms with Crippen molar-refractivity contribution in [3.05, 3.63) is 35.0 Å². The van der Waals surface area contributed by atoms with E-state index < -0.39 is 5.91 Å². The zero-order chi connectivity index (χ0) is 15.7. The Kier molecular flexibility index (Phi) is 3.66. The van der Waals surface area contributed by atoms with E-state index in [1.165, 1.54) is 0 Å². The second-order valence-corrected chi connectivity index (χ2v) is 5.50. The van der Waals surface area contributed by atoms with Crippen LogP contribution in [0.5, 0.6) is 0 Å². The Morgan fingerprint density at radius 1 is 1.45 bits per heavy atom. The fraction of sp³-hybridized carbons (Fsp3) is 0.429. The van der Waals surface area contributed by atoms with Crippen LogP contribution in [0, 0.1) is 6.92 Å². The predicted octanol–water partition coefficient (Wildman–Crippen LogP) is 0.825. The van der Waals surface area contributed by atoms with E-state index in [0.29, 0.717) is 18.8 Å². The van der Waals surface area contributed by atoms with Crippen molar-refractivity contribution in [2.24, 2.45) is 5.73 Å². The SMILES string of the molecule is Cc1cc(C(=O)N2CCC[C@H](c3cc(C(N)=O)n[nH]3)C2)on1. The number of carbonyl (C=O) groups is 2. The van der Waals surface area contributed by atoms with Gasteiger partial charge in [-0.25, -0.2) is 0 Å². The highest BCUT2D eigenvalue weighted by molar-refractivity contribution is 5.92. The number of piperidine rings is 1. The van der Waals surface area contributed by atoms with Crippen LogP contribution in [0.4, 0.5) is 0 Å². The molecule has 0 aromatic carbocycles.